The summed E-state index contributed by atoms with van der Waals surface area (Å²) < 4.78 is 62.9. The maximum Gasteiger partial charge on any atom is 0.412 e. The van der Waals surface area contributed by atoms with E-state index in [0.717, 1.165) is 22.5 Å². The number of carbonyl (C=O) groups is 1. The van der Waals surface area contributed by atoms with E-state index in [0.29, 0.717) is 21.8 Å². The number of aromatic nitrogens is 1. The number of ether oxygens (including phenoxy) is 1. The molecule has 1 aromatic heterocycles. The molecule has 4 aromatic rings. The molecule has 1 N–H and O–H groups in total. The number of nitrogens with zero attached hydrogens (tertiary/aromatic N) is 2. The molecule has 7 nitrogen and oxygen atoms in total. The van der Waals surface area contributed by atoms with E-state index in [1.165, 1.54) is 37.4 Å². The van der Waals surface area contributed by atoms with Crippen LogP contribution in [0.1, 0.15) is 24.1 Å². The van der Waals surface area contributed by atoms with E-state index in [1.807, 2.05) is 0 Å². The Labute approximate surface area is 223 Å². The molecule has 0 radical (unpaired) electrons. The molecule has 0 unspecified atom stereocenters. The molecule has 1 amide bonds. The number of amides is 1. The topological polar surface area (TPSA) is 88.6 Å². The first-order valence-electron chi connectivity index (χ1n) is 11.3. The lowest BCUT2D eigenvalue weighted by Crippen LogP contribution is -2.35. The largest absolute Gasteiger partial charge is 0.444 e. The number of hydrogen-bond acceptors (Lipinski definition) is 5. The summed E-state index contributed by atoms with van der Waals surface area (Å²) in [6.45, 7) is 1.32. The van der Waals surface area contributed by atoms with Crippen molar-refractivity contribution >= 4 is 39.1 Å². The van der Waals surface area contributed by atoms with Crippen molar-refractivity contribution in [3.63, 3.8) is 0 Å². The van der Waals surface area contributed by atoms with E-state index < -0.39 is 39.5 Å². The third kappa shape index (κ3) is 6.09. The van der Waals surface area contributed by atoms with Gasteiger partial charge in [0.1, 0.15) is 18.2 Å². The Morgan fingerprint density at radius 2 is 1.79 bits per heavy atom. The SMILES string of the molecule is C[C@H](c1ccccc1COC(=O)Nc1cccnc1)N(c1cc(F)ccc1F)S(=O)(=O)c1ccc(Cl)cc1. The lowest BCUT2D eigenvalue weighted by Gasteiger charge is -2.32. The maximum absolute atomic E-state index is 15.0. The van der Waals surface area contributed by atoms with Crippen LogP contribution in [0.3, 0.4) is 0 Å². The van der Waals surface area contributed by atoms with Crippen LogP contribution in [0, 0.1) is 11.6 Å². The van der Waals surface area contributed by atoms with Crippen molar-refractivity contribution in [1.82, 2.24) is 4.98 Å². The standard InChI is InChI=1S/C27H22ClF2N3O4S/c1-18(24-7-3-2-5-19(24)17-37-27(34)32-22-6-4-14-31-16-22)33(26-15-21(29)10-13-25(26)30)38(35,36)23-11-8-20(28)9-12-23/h2-16,18H,17H2,1H3,(H,32,34)/t18-/m1/s1. The first kappa shape index (κ1) is 27.0. The van der Waals surface area contributed by atoms with Crippen LogP contribution in [0.2, 0.25) is 5.02 Å². The number of nitrogens with one attached hydrogen (secondary N) is 1. The van der Waals surface area contributed by atoms with Gasteiger partial charge >= 0.3 is 6.09 Å². The highest BCUT2D eigenvalue weighted by atomic mass is 35.5. The molecule has 4 rings (SSSR count). The Bertz CT molecular complexity index is 1540. The molecule has 0 bridgehead atoms. The number of sulfonamides is 1. The van der Waals surface area contributed by atoms with Crippen molar-refractivity contribution in [2.45, 2.75) is 24.5 Å². The molecular weight excluding hydrogens is 536 g/mol. The van der Waals surface area contributed by atoms with Gasteiger partial charge in [0, 0.05) is 17.3 Å². The number of carbonyl (C=O) groups excluding carboxylic acids is 1. The second-order valence-corrected chi connectivity index (χ2v) is 10.4. The summed E-state index contributed by atoms with van der Waals surface area (Å²) in [4.78, 5) is 16.1. The van der Waals surface area contributed by atoms with Gasteiger partial charge in [0.15, 0.2) is 0 Å². The Balaban J connectivity index is 1.70. The highest BCUT2D eigenvalue weighted by molar-refractivity contribution is 7.92. The average molecular weight is 558 g/mol. The van der Waals surface area contributed by atoms with E-state index in [4.69, 9.17) is 16.3 Å². The first-order valence-corrected chi connectivity index (χ1v) is 13.2. The van der Waals surface area contributed by atoms with Gasteiger partial charge in [0.25, 0.3) is 10.0 Å². The summed E-state index contributed by atoms with van der Waals surface area (Å²) in [5.74, 6) is -1.74. The van der Waals surface area contributed by atoms with Gasteiger partial charge in [-0.2, -0.15) is 0 Å². The zero-order valence-corrected chi connectivity index (χ0v) is 21.6. The van der Waals surface area contributed by atoms with E-state index in [9.17, 15) is 22.0 Å². The molecule has 0 aliphatic carbocycles. The van der Waals surface area contributed by atoms with E-state index in [2.05, 4.69) is 10.3 Å². The van der Waals surface area contributed by atoms with Crippen LogP contribution < -0.4 is 9.62 Å². The number of hydrogen-bond donors (Lipinski definition) is 1. The van der Waals surface area contributed by atoms with Crippen molar-refractivity contribution in [2.75, 3.05) is 9.62 Å². The minimum absolute atomic E-state index is 0.165. The Kier molecular flexibility index (Phi) is 8.23. The van der Waals surface area contributed by atoms with Crippen molar-refractivity contribution in [3.8, 4) is 0 Å². The van der Waals surface area contributed by atoms with Crippen LogP contribution in [-0.4, -0.2) is 19.5 Å². The summed E-state index contributed by atoms with van der Waals surface area (Å²) in [6.07, 6.45) is 2.26. The summed E-state index contributed by atoms with van der Waals surface area (Å²) in [5.41, 5.74) is 0.843. The van der Waals surface area contributed by atoms with E-state index >= 15 is 0 Å². The average Bonchev–Trinajstić information content (AvgIpc) is 2.90. The van der Waals surface area contributed by atoms with Crippen molar-refractivity contribution < 1.29 is 26.7 Å². The van der Waals surface area contributed by atoms with Gasteiger partial charge < -0.3 is 4.74 Å². The van der Waals surface area contributed by atoms with Crippen LogP contribution in [0.25, 0.3) is 0 Å². The summed E-state index contributed by atoms with van der Waals surface area (Å²) >= 11 is 5.93. The zero-order chi connectivity index (χ0) is 27.3. The third-order valence-corrected chi connectivity index (χ3v) is 7.79. The highest BCUT2D eigenvalue weighted by Gasteiger charge is 2.33. The summed E-state index contributed by atoms with van der Waals surface area (Å²) in [6, 6.07) is 16.8. The van der Waals surface area contributed by atoms with Gasteiger partial charge in [-0.15, -0.1) is 0 Å². The molecule has 0 aliphatic rings. The van der Waals surface area contributed by atoms with E-state index in [1.54, 1.807) is 42.6 Å². The fourth-order valence-electron chi connectivity index (χ4n) is 3.85. The molecule has 0 aliphatic heterocycles. The molecule has 0 saturated heterocycles. The van der Waals surface area contributed by atoms with Gasteiger partial charge in [-0.1, -0.05) is 35.9 Å². The lowest BCUT2D eigenvalue weighted by atomic mass is 10.0. The van der Waals surface area contributed by atoms with Gasteiger partial charge in [-0.3, -0.25) is 14.6 Å². The number of rotatable bonds is 8. The molecule has 1 heterocycles. The van der Waals surface area contributed by atoms with Crippen LogP contribution in [-0.2, 0) is 21.4 Å². The minimum atomic E-state index is -4.41. The van der Waals surface area contributed by atoms with Gasteiger partial charge in [-0.05, 0) is 66.6 Å². The van der Waals surface area contributed by atoms with Crippen LogP contribution in [0.5, 0.6) is 0 Å². The first-order chi connectivity index (χ1) is 18.2. The number of benzene rings is 3. The second kappa shape index (κ2) is 11.6. The second-order valence-electron chi connectivity index (χ2n) is 8.17. The number of pyridine rings is 1. The predicted molar refractivity (Wildman–Crippen MR) is 140 cm³/mol. The monoisotopic (exact) mass is 557 g/mol. The summed E-state index contributed by atoms with van der Waals surface area (Å²) in [7, 11) is -4.41. The molecule has 3 aromatic carbocycles. The van der Waals surface area contributed by atoms with Crippen LogP contribution in [0.4, 0.5) is 25.0 Å². The molecule has 11 heteroatoms. The maximum atomic E-state index is 15.0. The van der Waals surface area contributed by atoms with Crippen LogP contribution in [0.15, 0.2) is 96.2 Å². The van der Waals surface area contributed by atoms with Gasteiger partial charge in [-0.25, -0.2) is 22.0 Å². The smallest absolute Gasteiger partial charge is 0.412 e. The molecular formula is C27H22ClF2N3O4S. The fourth-order valence-corrected chi connectivity index (χ4v) is 5.62. The predicted octanol–water partition coefficient (Wildman–Crippen LogP) is 6.72. The third-order valence-electron chi connectivity index (χ3n) is 5.64. The van der Waals surface area contributed by atoms with Crippen LogP contribution >= 0.6 is 11.6 Å². The highest BCUT2D eigenvalue weighted by Crippen LogP contribution is 2.37. The molecule has 1 atom stereocenters. The lowest BCUT2D eigenvalue weighted by molar-refractivity contribution is 0.154. The van der Waals surface area contributed by atoms with Gasteiger partial charge in [0.2, 0.25) is 0 Å². The van der Waals surface area contributed by atoms with Crippen molar-refractivity contribution in [3.05, 3.63) is 119 Å². The molecule has 196 valence electrons. The number of anilines is 2. The van der Waals surface area contributed by atoms with E-state index in [-0.39, 0.29) is 11.5 Å². The summed E-state index contributed by atoms with van der Waals surface area (Å²) in [5, 5.41) is 2.85. The quantitative estimate of drug-likeness (QED) is 0.260. The molecule has 0 saturated carbocycles. The number of halogens is 3. The van der Waals surface area contributed by atoms with Crippen molar-refractivity contribution in [2.24, 2.45) is 0 Å². The molecule has 0 spiro atoms. The Morgan fingerprint density at radius 3 is 2.50 bits per heavy atom. The fraction of sp³-hybridized carbons (Fsp3) is 0.111. The zero-order valence-electron chi connectivity index (χ0n) is 20.0. The van der Waals surface area contributed by atoms with Crippen molar-refractivity contribution in [1.29, 1.82) is 0 Å². The molecule has 0 fully saturated rings. The normalized spacial score (nSPS) is 12.0. The Hall–Kier alpha value is -4.02. The molecule has 38 heavy (non-hydrogen) atoms. The Morgan fingerprint density at radius 1 is 1.05 bits per heavy atom. The minimum Gasteiger partial charge on any atom is -0.444 e. The van der Waals surface area contributed by atoms with Gasteiger partial charge in [0.05, 0.1) is 28.5 Å².